The van der Waals surface area contributed by atoms with Gasteiger partial charge in [0.15, 0.2) is 0 Å². The Labute approximate surface area is 113 Å². The summed E-state index contributed by atoms with van der Waals surface area (Å²) in [5, 5.41) is 2.52. The standard InChI is InChI=1S/C6H10BF3N.K/c1-3-4-11-5-6(2)7(8,9)10;/h3,11H,1-2,4-5H2;/q-1;+1. The van der Waals surface area contributed by atoms with Crippen molar-refractivity contribution in [1.82, 2.24) is 5.32 Å². The van der Waals surface area contributed by atoms with Gasteiger partial charge < -0.3 is 18.3 Å². The maximum Gasteiger partial charge on any atom is 1.00 e. The second-order valence-corrected chi connectivity index (χ2v) is 2.15. The molecule has 0 atom stereocenters. The van der Waals surface area contributed by atoms with Gasteiger partial charge in [-0.2, -0.15) is 0 Å². The zero-order chi connectivity index (χ0) is 8.91. The number of hydrogen-bond donors (Lipinski definition) is 1. The molecule has 0 heterocycles. The SMILES string of the molecule is C=CCNCC(=C)[B-](F)(F)F.[K+]. The largest absolute Gasteiger partial charge is 1.00 e. The van der Waals surface area contributed by atoms with Crippen LogP contribution >= 0.6 is 0 Å². The van der Waals surface area contributed by atoms with Crippen molar-refractivity contribution in [1.29, 1.82) is 0 Å². The average Bonchev–Trinajstić information content (AvgIpc) is 1.86. The predicted octanol–water partition coefficient (Wildman–Crippen LogP) is -1.29. The Kier molecular flexibility index (Phi) is 9.43. The van der Waals surface area contributed by atoms with Crippen molar-refractivity contribution in [2.24, 2.45) is 0 Å². The smallest absolute Gasteiger partial charge is 0.445 e. The van der Waals surface area contributed by atoms with Gasteiger partial charge in [0.2, 0.25) is 0 Å². The van der Waals surface area contributed by atoms with E-state index in [9.17, 15) is 12.9 Å². The van der Waals surface area contributed by atoms with E-state index in [4.69, 9.17) is 0 Å². The molecule has 1 nitrogen and oxygen atoms in total. The maximum absolute atomic E-state index is 11.8. The molecule has 0 aliphatic heterocycles. The van der Waals surface area contributed by atoms with Gasteiger partial charge in [0.1, 0.15) is 0 Å². The van der Waals surface area contributed by atoms with Crippen molar-refractivity contribution in [3.8, 4) is 0 Å². The quantitative estimate of drug-likeness (QED) is 0.333. The third-order valence-electron chi connectivity index (χ3n) is 1.10. The Morgan fingerprint density at radius 2 is 1.92 bits per heavy atom. The summed E-state index contributed by atoms with van der Waals surface area (Å²) in [5.41, 5.74) is -0.702. The van der Waals surface area contributed by atoms with Crippen LogP contribution < -0.4 is 56.7 Å². The van der Waals surface area contributed by atoms with E-state index in [1.54, 1.807) is 0 Å². The van der Waals surface area contributed by atoms with Crippen molar-refractivity contribution < 1.29 is 64.3 Å². The molecule has 0 fully saturated rings. The van der Waals surface area contributed by atoms with Crippen LogP contribution in [0.5, 0.6) is 0 Å². The van der Waals surface area contributed by atoms with E-state index in [-0.39, 0.29) is 57.9 Å². The molecule has 0 radical (unpaired) electrons. The van der Waals surface area contributed by atoms with Crippen LogP contribution in [0.15, 0.2) is 24.7 Å². The molecule has 0 rings (SSSR count). The minimum absolute atomic E-state index is 0. The monoisotopic (exact) mass is 203 g/mol. The minimum atomic E-state index is -4.88. The molecule has 0 unspecified atom stereocenters. The van der Waals surface area contributed by atoms with Crippen molar-refractivity contribution in [2.75, 3.05) is 13.1 Å². The van der Waals surface area contributed by atoms with E-state index < -0.39 is 12.4 Å². The molecule has 0 aliphatic rings. The van der Waals surface area contributed by atoms with Crippen LogP contribution in [0.25, 0.3) is 0 Å². The van der Waals surface area contributed by atoms with Gasteiger partial charge >= 0.3 is 58.4 Å². The second kappa shape index (κ2) is 7.35. The fourth-order valence-electron chi connectivity index (χ4n) is 0.451. The Morgan fingerprint density at radius 3 is 2.25 bits per heavy atom. The first kappa shape index (κ1) is 15.4. The van der Waals surface area contributed by atoms with E-state index in [0.29, 0.717) is 6.54 Å². The topological polar surface area (TPSA) is 12.0 Å². The summed E-state index contributed by atoms with van der Waals surface area (Å²) in [5.74, 6) is 0. The molecule has 0 amide bonds. The zero-order valence-corrected chi connectivity index (χ0v) is 10.2. The molecule has 6 heteroatoms. The van der Waals surface area contributed by atoms with Crippen molar-refractivity contribution in [3.05, 3.63) is 24.7 Å². The first-order valence-electron chi connectivity index (χ1n) is 3.17. The van der Waals surface area contributed by atoms with E-state index in [1.807, 2.05) is 0 Å². The second-order valence-electron chi connectivity index (χ2n) is 2.15. The van der Waals surface area contributed by atoms with Gasteiger partial charge in [-0.25, -0.2) is 0 Å². The molecule has 0 bridgehead atoms. The first-order chi connectivity index (χ1) is 4.98. The fourth-order valence-corrected chi connectivity index (χ4v) is 0.451. The summed E-state index contributed by atoms with van der Waals surface area (Å²) in [6.45, 7) is 1.53. The Balaban J connectivity index is 0. The van der Waals surface area contributed by atoms with Crippen molar-refractivity contribution in [2.45, 2.75) is 0 Å². The normalized spacial score (nSPS) is 10.2. The minimum Gasteiger partial charge on any atom is -0.445 e. The maximum atomic E-state index is 11.8. The van der Waals surface area contributed by atoms with Gasteiger partial charge in [0.05, 0.1) is 0 Å². The number of nitrogens with one attached hydrogen (secondary N) is 1. The average molecular weight is 203 g/mol. The third kappa shape index (κ3) is 7.57. The van der Waals surface area contributed by atoms with Gasteiger partial charge in [0.25, 0.3) is 0 Å². The van der Waals surface area contributed by atoms with E-state index in [1.165, 1.54) is 6.08 Å². The molecule has 0 aliphatic carbocycles. The van der Waals surface area contributed by atoms with Crippen LogP contribution in [-0.2, 0) is 0 Å². The van der Waals surface area contributed by atoms with Crippen molar-refractivity contribution >= 4 is 6.98 Å². The molecular formula is C6H10BF3KN. The summed E-state index contributed by atoms with van der Waals surface area (Å²) in [7, 11) is 0. The summed E-state index contributed by atoms with van der Waals surface area (Å²) >= 11 is 0. The molecule has 1 N–H and O–H groups in total. The zero-order valence-electron chi connectivity index (χ0n) is 7.12. The Morgan fingerprint density at radius 1 is 1.42 bits per heavy atom. The molecule has 64 valence electrons. The predicted molar refractivity (Wildman–Crippen MR) is 41.3 cm³/mol. The van der Waals surface area contributed by atoms with Crippen LogP contribution in [0.3, 0.4) is 0 Å². The molecule has 0 aromatic carbocycles. The third-order valence-corrected chi connectivity index (χ3v) is 1.10. The van der Waals surface area contributed by atoms with Gasteiger partial charge in [-0.15, -0.1) is 18.6 Å². The van der Waals surface area contributed by atoms with Crippen molar-refractivity contribution in [3.63, 3.8) is 0 Å². The molecule has 0 saturated carbocycles. The molecule has 0 aromatic rings. The molecule has 0 spiro atoms. The summed E-state index contributed by atoms with van der Waals surface area (Å²) in [6.07, 6.45) is 1.50. The summed E-state index contributed by atoms with van der Waals surface area (Å²) in [4.78, 5) is 0. The van der Waals surface area contributed by atoms with Gasteiger partial charge in [0, 0.05) is 6.54 Å². The van der Waals surface area contributed by atoms with Gasteiger partial charge in [-0.05, 0) is 6.54 Å². The Hall–Kier alpha value is 0.931. The van der Waals surface area contributed by atoms with Gasteiger partial charge in [-0.1, -0.05) is 6.08 Å². The Bertz CT molecular complexity index is 157. The fraction of sp³-hybridized carbons (Fsp3) is 0.333. The summed E-state index contributed by atoms with van der Waals surface area (Å²) in [6, 6.07) is 0. The van der Waals surface area contributed by atoms with Gasteiger partial charge in [-0.3, -0.25) is 0 Å². The first-order valence-corrected chi connectivity index (χ1v) is 3.17. The van der Waals surface area contributed by atoms with Crippen LogP contribution in [-0.4, -0.2) is 20.1 Å². The molecule has 0 saturated heterocycles. The van der Waals surface area contributed by atoms with E-state index in [0.717, 1.165) is 0 Å². The summed E-state index contributed by atoms with van der Waals surface area (Å²) < 4.78 is 35.3. The van der Waals surface area contributed by atoms with Crippen LogP contribution in [0.2, 0.25) is 0 Å². The number of rotatable bonds is 5. The molecular weight excluding hydrogens is 193 g/mol. The number of halogens is 3. The number of hydrogen-bond acceptors (Lipinski definition) is 1. The van der Waals surface area contributed by atoms with Crippen LogP contribution in [0.4, 0.5) is 12.9 Å². The van der Waals surface area contributed by atoms with E-state index >= 15 is 0 Å². The molecule has 12 heavy (non-hydrogen) atoms. The van der Waals surface area contributed by atoms with Crippen LogP contribution in [0.1, 0.15) is 0 Å². The van der Waals surface area contributed by atoms with Crippen LogP contribution in [0, 0.1) is 0 Å². The molecule has 0 aromatic heterocycles. The van der Waals surface area contributed by atoms with E-state index in [2.05, 4.69) is 18.5 Å².